The predicted molar refractivity (Wildman–Crippen MR) is 248 cm³/mol. The molecule has 0 amide bonds. The van der Waals surface area contributed by atoms with Crippen LogP contribution in [0.2, 0.25) is 0 Å². The van der Waals surface area contributed by atoms with E-state index in [4.69, 9.17) is 0 Å². The summed E-state index contributed by atoms with van der Waals surface area (Å²) in [6.45, 7) is 2.97. The molecule has 2 nitrogen and oxygen atoms in total. The monoisotopic (exact) mass is 752 g/mol. The second-order valence-electron chi connectivity index (χ2n) is 14.3. The Morgan fingerprint density at radius 3 is 1.88 bits per heavy atom. The van der Waals surface area contributed by atoms with Crippen LogP contribution in [0.25, 0.3) is 42.1 Å². The Hall–Kier alpha value is -6.68. The van der Waals surface area contributed by atoms with Crippen LogP contribution in [-0.2, 0) is 0 Å². The van der Waals surface area contributed by atoms with Gasteiger partial charge in [-0.1, -0.05) is 171 Å². The van der Waals surface area contributed by atoms with Gasteiger partial charge in [-0.25, -0.2) is 0 Å². The summed E-state index contributed by atoms with van der Waals surface area (Å²) in [7, 11) is 0. The Bertz CT molecular complexity index is 2810. The molecule has 0 bridgehead atoms. The van der Waals surface area contributed by atoms with Gasteiger partial charge in [-0.05, 0) is 77.5 Å². The number of nitrogens with zero attached hydrogens (tertiary/aromatic N) is 2. The summed E-state index contributed by atoms with van der Waals surface area (Å²) in [5, 5.41) is 5.09. The summed E-state index contributed by atoms with van der Waals surface area (Å²) >= 11 is 1.88. The molecule has 9 aromatic rings. The smallest absolute Gasteiger partial charge is 0.0540 e. The van der Waals surface area contributed by atoms with Gasteiger partial charge in [-0.2, -0.15) is 0 Å². The Morgan fingerprint density at radius 1 is 0.509 bits per heavy atom. The van der Waals surface area contributed by atoms with Gasteiger partial charge in [0.25, 0.3) is 0 Å². The van der Waals surface area contributed by atoms with E-state index in [1.54, 1.807) is 0 Å². The van der Waals surface area contributed by atoms with Gasteiger partial charge < -0.3 is 9.80 Å². The molecule has 0 aliphatic carbocycles. The number of para-hydroxylation sites is 3. The van der Waals surface area contributed by atoms with E-state index in [-0.39, 0.29) is 5.92 Å². The van der Waals surface area contributed by atoms with Gasteiger partial charge in [-0.3, -0.25) is 0 Å². The molecule has 8 aromatic carbocycles. The highest BCUT2D eigenvalue weighted by Crippen LogP contribution is 2.47. The van der Waals surface area contributed by atoms with E-state index < -0.39 is 0 Å². The summed E-state index contributed by atoms with van der Waals surface area (Å²) in [5.74, 6) is 0.176. The van der Waals surface area contributed by atoms with Crippen molar-refractivity contribution >= 4 is 70.7 Å². The first-order valence-electron chi connectivity index (χ1n) is 19.9. The molecule has 3 heteroatoms. The Kier molecular flexibility index (Phi) is 10.5. The fraction of sp³-hybridized carbons (Fsp3) is 0.0741. The summed E-state index contributed by atoms with van der Waals surface area (Å²) in [6, 6.07) is 70.4. The molecule has 0 aliphatic rings. The van der Waals surface area contributed by atoms with Crippen LogP contribution >= 0.6 is 11.3 Å². The maximum Gasteiger partial charge on any atom is 0.0540 e. The van der Waals surface area contributed by atoms with Crippen LogP contribution in [0.5, 0.6) is 0 Å². The van der Waals surface area contributed by atoms with Gasteiger partial charge >= 0.3 is 0 Å². The van der Waals surface area contributed by atoms with Gasteiger partial charge in [0.1, 0.15) is 0 Å². The van der Waals surface area contributed by atoms with E-state index in [9.17, 15) is 0 Å². The molecule has 0 saturated carbocycles. The van der Waals surface area contributed by atoms with E-state index in [1.165, 1.54) is 59.0 Å². The van der Waals surface area contributed by atoms with Crippen molar-refractivity contribution in [2.75, 3.05) is 16.3 Å². The van der Waals surface area contributed by atoms with Crippen molar-refractivity contribution in [3.8, 4) is 11.1 Å². The Morgan fingerprint density at radius 2 is 1.14 bits per heavy atom. The third-order valence-electron chi connectivity index (χ3n) is 10.7. The molecule has 57 heavy (non-hydrogen) atoms. The second-order valence-corrected chi connectivity index (χ2v) is 15.4. The molecule has 0 radical (unpaired) electrons. The van der Waals surface area contributed by atoms with E-state index in [0.29, 0.717) is 0 Å². The lowest BCUT2D eigenvalue weighted by molar-refractivity contribution is 0.820. The first-order chi connectivity index (χ1) is 28.3. The first kappa shape index (κ1) is 36.0. The molecule has 0 fully saturated rings. The van der Waals surface area contributed by atoms with Gasteiger partial charge in [0.05, 0.1) is 11.4 Å². The van der Waals surface area contributed by atoms with Crippen LogP contribution in [0.15, 0.2) is 218 Å². The zero-order valence-corrected chi connectivity index (χ0v) is 32.9. The van der Waals surface area contributed by atoms with Crippen molar-refractivity contribution in [1.29, 1.82) is 0 Å². The molecule has 0 spiro atoms. The molecule has 0 N–H and O–H groups in total. The first-order valence-corrected chi connectivity index (χ1v) is 20.7. The third-order valence-corrected chi connectivity index (χ3v) is 11.9. The molecule has 0 saturated heterocycles. The molecule has 0 aliphatic heterocycles. The third kappa shape index (κ3) is 7.38. The van der Waals surface area contributed by atoms with E-state index in [0.717, 1.165) is 30.0 Å². The van der Waals surface area contributed by atoms with Gasteiger partial charge in [0, 0.05) is 60.6 Å². The number of fused-ring (bicyclic) bond motifs is 5. The van der Waals surface area contributed by atoms with Crippen LogP contribution in [-0.4, -0.2) is 6.54 Å². The van der Waals surface area contributed by atoms with Crippen LogP contribution in [0.4, 0.5) is 28.4 Å². The van der Waals surface area contributed by atoms with Crippen LogP contribution in [0.3, 0.4) is 0 Å². The van der Waals surface area contributed by atoms with Crippen molar-refractivity contribution in [2.24, 2.45) is 0 Å². The zero-order chi connectivity index (χ0) is 38.4. The Labute approximate surface area is 339 Å². The summed E-state index contributed by atoms with van der Waals surface area (Å²) in [6.07, 6.45) is 9.97. The molecule has 9 rings (SSSR count). The van der Waals surface area contributed by atoms with Crippen LogP contribution in [0.1, 0.15) is 24.8 Å². The number of benzene rings is 8. The van der Waals surface area contributed by atoms with Crippen molar-refractivity contribution in [1.82, 2.24) is 0 Å². The number of hydrogen-bond donors (Lipinski definition) is 0. The van der Waals surface area contributed by atoms with E-state index >= 15 is 0 Å². The molecule has 1 atom stereocenters. The molecule has 276 valence electrons. The topological polar surface area (TPSA) is 6.48 Å². The largest absolute Gasteiger partial charge is 0.340 e. The number of hydrogen-bond acceptors (Lipinski definition) is 3. The normalized spacial score (nSPS) is 12.2. The summed E-state index contributed by atoms with van der Waals surface area (Å²) in [4.78, 5) is 4.94. The van der Waals surface area contributed by atoms with E-state index in [2.05, 4.69) is 235 Å². The molecular formula is C54H44N2S. The maximum absolute atomic E-state index is 2.53. The minimum atomic E-state index is 0.176. The molecular weight excluding hydrogens is 709 g/mol. The van der Waals surface area contributed by atoms with Crippen molar-refractivity contribution in [2.45, 2.75) is 19.3 Å². The Balaban J connectivity index is 1.22. The number of rotatable bonds is 12. The number of allylic oxidation sites excluding steroid dienone is 3. The summed E-state index contributed by atoms with van der Waals surface area (Å²) < 4.78 is 2.56. The fourth-order valence-electron chi connectivity index (χ4n) is 8.05. The number of anilines is 5. The average molecular weight is 753 g/mol. The molecule has 1 unspecified atom stereocenters. The van der Waals surface area contributed by atoms with Gasteiger partial charge in [0.2, 0.25) is 0 Å². The summed E-state index contributed by atoms with van der Waals surface area (Å²) in [5.41, 5.74) is 9.49. The minimum Gasteiger partial charge on any atom is -0.340 e. The number of thiophene rings is 1. The second kappa shape index (κ2) is 16.6. The van der Waals surface area contributed by atoms with Gasteiger partial charge in [-0.15, -0.1) is 11.3 Å². The highest BCUT2D eigenvalue weighted by molar-refractivity contribution is 7.26. The lowest BCUT2D eigenvalue weighted by Gasteiger charge is -2.30. The molecule has 1 aromatic heterocycles. The quantitative estimate of drug-likeness (QED) is 0.115. The lowest BCUT2D eigenvalue weighted by Crippen LogP contribution is -2.23. The predicted octanol–water partition coefficient (Wildman–Crippen LogP) is 15.8. The van der Waals surface area contributed by atoms with E-state index in [1.807, 2.05) is 11.3 Å². The fourth-order valence-corrected chi connectivity index (χ4v) is 9.18. The lowest BCUT2D eigenvalue weighted by atomic mass is 9.96. The standard InChI is InChI=1S/C54H44N2S/c1-2-3-4-9-26-42(40-22-10-5-11-23-40)39-55(43-27-14-7-15-28-43)51-38-53-54(48-33-19-18-32-47(48)51)49-37-45(35-36-52(49)57-53)56(44-29-16-8-17-30-44)50-34-21-20-31-46(50)41-24-12-6-13-25-41/h3-38,42H,2,39H2,1H3/b4-3-,26-9-. The van der Waals surface area contributed by atoms with Crippen molar-refractivity contribution in [3.63, 3.8) is 0 Å². The highest BCUT2D eigenvalue weighted by Gasteiger charge is 2.23. The van der Waals surface area contributed by atoms with Crippen LogP contribution in [0, 0.1) is 0 Å². The SMILES string of the molecule is CC/C=C\C=C/C(CN(c1ccccc1)c1cc2sc3ccc(N(c4ccccc4)c4ccccc4-c4ccccc4)cc3c2c2ccccc12)c1ccccc1. The van der Waals surface area contributed by atoms with Crippen molar-refractivity contribution < 1.29 is 0 Å². The van der Waals surface area contributed by atoms with Gasteiger partial charge in [0.15, 0.2) is 0 Å². The maximum atomic E-state index is 2.53. The van der Waals surface area contributed by atoms with Crippen LogP contribution < -0.4 is 9.80 Å². The van der Waals surface area contributed by atoms with Crippen molar-refractivity contribution in [3.05, 3.63) is 224 Å². The minimum absolute atomic E-state index is 0.176. The average Bonchev–Trinajstić information content (AvgIpc) is 3.66. The molecule has 1 heterocycles. The highest BCUT2D eigenvalue weighted by atomic mass is 32.1. The zero-order valence-electron chi connectivity index (χ0n) is 32.1.